The molecule has 16 heavy (non-hydrogen) atoms. The van der Waals surface area contributed by atoms with Crippen LogP contribution < -0.4 is 0 Å². The maximum Gasteiger partial charge on any atom is 0.239 e. The zero-order valence-corrected chi connectivity index (χ0v) is 9.89. The highest BCUT2D eigenvalue weighted by Crippen LogP contribution is 2.09. The molecule has 0 saturated heterocycles. The Morgan fingerprint density at radius 1 is 1.31 bits per heavy atom. The van der Waals surface area contributed by atoms with Gasteiger partial charge in [0.25, 0.3) is 0 Å². The molecule has 2 aromatic rings. The minimum Gasteiger partial charge on any atom is -0.274 e. The maximum absolute atomic E-state index is 5.85. The van der Waals surface area contributed by atoms with Crippen molar-refractivity contribution >= 4 is 11.6 Å². The summed E-state index contributed by atoms with van der Waals surface area (Å²) in [5.41, 5.74) is 0. The maximum atomic E-state index is 5.85. The lowest BCUT2D eigenvalue weighted by Gasteiger charge is -2.06. The van der Waals surface area contributed by atoms with Gasteiger partial charge >= 0.3 is 0 Å². The van der Waals surface area contributed by atoms with Gasteiger partial charge in [-0.15, -0.1) is 0 Å². The molecule has 0 aliphatic heterocycles. The molecule has 0 aliphatic carbocycles. The van der Waals surface area contributed by atoms with Crippen LogP contribution in [0.5, 0.6) is 0 Å². The number of aromatic nitrogens is 5. The second-order valence-corrected chi connectivity index (χ2v) is 4.23. The summed E-state index contributed by atoms with van der Waals surface area (Å²) in [6, 6.07) is 0. The summed E-state index contributed by atoms with van der Waals surface area (Å²) in [6.07, 6.45) is 5.85. The third kappa shape index (κ3) is 2.55. The molecular weight excluding hydrogens is 226 g/mol. The van der Waals surface area contributed by atoms with Gasteiger partial charge in [-0.05, 0) is 17.5 Å². The van der Waals surface area contributed by atoms with Crippen molar-refractivity contribution in [2.45, 2.75) is 20.3 Å². The van der Waals surface area contributed by atoms with Gasteiger partial charge in [-0.2, -0.15) is 9.97 Å². The highest BCUT2D eigenvalue weighted by Gasteiger charge is 2.07. The first-order valence-corrected chi connectivity index (χ1v) is 5.41. The van der Waals surface area contributed by atoms with E-state index in [1.54, 1.807) is 23.3 Å². The van der Waals surface area contributed by atoms with Crippen LogP contribution in [0.3, 0.4) is 0 Å². The van der Waals surface area contributed by atoms with Crippen molar-refractivity contribution in [1.29, 1.82) is 0 Å². The monoisotopic (exact) mass is 237 g/mol. The van der Waals surface area contributed by atoms with Crippen LogP contribution in [0.2, 0.25) is 5.28 Å². The lowest BCUT2D eigenvalue weighted by Crippen LogP contribution is -2.07. The molecule has 0 bridgehead atoms. The van der Waals surface area contributed by atoms with Crippen molar-refractivity contribution in [3.8, 4) is 5.95 Å². The molecule has 0 radical (unpaired) electrons. The summed E-state index contributed by atoms with van der Waals surface area (Å²) < 4.78 is 1.71. The Hall–Kier alpha value is -1.49. The van der Waals surface area contributed by atoms with Crippen molar-refractivity contribution in [2.75, 3.05) is 0 Å². The zero-order valence-electron chi connectivity index (χ0n) is 9.13. The van der Waals surface area contributed by atoms with E-state index in [2.05, 4.69) is 33.8 Å². The number of hydrogen-bond acceptors (Lipinski definition) is 4. The minimum atomic E-state index is 0.217. The molecule has 0 aromatic carbocycles. The molecule has 0 aliphatic rings. The average Bonchev–Trinajstić information content (AvgIpc) is 2.67. The first-order valence-electron chi connectivity index (χ1n) is 5.04. The molecule has 2 heterocycles. The third-order valence-corrected chi connectivity index (χ3v) is 2.14. The molecule has 2 aromatic heterocycles. The molecule has 0 N–H and O–H groups in total. The van der Waals surface area contributed by atoms with Crippen molar-refractivity contribution in [1.82, 2.24) is 24.5 Å². The molecular formula is C10H12ClN5. The summed E-state index contributed by atoms with van der Waals surface area (Å²) in [6.45, 7) is 4.21. The van der Waals surface area contributed by atoms with E-state index in [1.165, 1.54) is 0 Å². The molecule has 0 amide bonds. The predicted octanol–water partition coefficient (Wildman–Crippen LogP) is 1.91. The first-order chi connectivity index (χ1) is 7.65. The zero-order chi connectivity index (χ0) is 11.5. The van der Waals surface area contributed by atoms with Gasteiger partial charge in [-0.25, -0.2) is 9.97 Å². The van der Waals surface area contributed by atoms with Crippen molar-refractivity contribution in [2.24, 2.45) is 5.92 Å². The van der Waals surface area contributed by atoms with E-state index in [9.17, 15) is 0 Å². The Morgan fingerprint density at radius 3 is 2.75 bits per heavy atom. The van der Waals surface area contributed by atoms with Crippen LogP contribution in [0.25, 0.3) is 5.95 Å². The summed E-state index contributed by atoms with van der Waals surface area (Å²) >= 11 is 5.85. The lowest BCUT2D eigenvalue weighted by molar-refractivity contribution is 0.614. The van der Waals surface area contributed by atoms with E-state index >= 15 is 0 Å². The van der Waals surface area contributed by atoms with Crippen LogP contribution in [-0.2, 0) is 6.42 Å². The van der Waals surface area contributed by atoms with Crippen molar-refractivity contribution in [3.05, 3.63) is 29.8 Å². The van der Waals surface area contributed by atoms with E-state index in [1.807, 2.05) is 0 Å². The van der Waals surface area contributed by atoms with Crippen LogP contribution in [0.1, 0.15) is 19.7 Å². The number of halogens is 1. The van der Waals surface area contributed by atoms with Gasteiger partial charge in [0.2, 0.25) is 11.2 Å². The van der Waals surface area contributed by atoms with E-state index in [0.29, 0.717) is 17.7 Å². The molecule has 0 saturated carbocycles. The van der Waals surface area contributed by atoms with E-state index in [0.717, 1.165) is 6.42 Å². The Balaban J connectivity index is 2.36. The smallest absolute Gasteiger partial charge is 0.239 e. The van der Waals surface area contributed by atoms with Crippen LogP contribution in [0.15, 0.2) is 18.7 Å². The second-order valence-electron chi connectivity index (χ2n) is 3.89. The number of nitrogens with zero attached hydrogens (tertiary/aromatic N) is 5. The number of rotatable bonds is 3. The van der Waals surface area contributed by atoms with E-state index in [-0.39, 0.29) is 5.28 Å². The summed E-state index contributed by atoms with van der Waals surface area (Å²) in [7, 11) is 0. The predicted molar refractivity (Wildman–Crippen MR) is 60.5 cm³/mol. The minimum absolute atomic E-state index is 0.217. The summed E-state index contributed by atoms with van der Waals surface area (Å²) in [5.74, 6) is 1.70. The van der Waals surface area contributed by atoms with Gasteiger partial charge in [-0.1, -0.05) is 13.8 Å². The molecule has 0 atom stereocenters. The van der Waals surface area contributed by atoms with Gasteiger partial charge in [-0.3, -0.25) is 4.57 Å². The topological polar surface area (TPSA) is 56.5 Å². The molecule has 0 unspecified atom stereocenters. The number of imidazole rings is 1. The average molecular weight is 238 g/mol. The van der Waals surface area contributed by atoms with Crippen LogP contribution in [0, 0.1) is 5.92 Å². The van der Waals surface area contributed by atoms with Crippen molar-refractivity contribution in [3.63, 3.8) is 0 Å². The Labute approximate surface area is 98.5 Å². The van der Waals surface area contributed by atoms with E-state index < -0.39 is 0 Å². The molecule has 0 spiro atoms. The second kappa shape index (κ2) is 4.57. The summed E-state index contributed by atoms with van der Waals surface area (Å²) in [4.78, 5) is 16.4. The Kier molecular flexibility index (Phi) is 3.14. The fraction of sp³-hybridized carbons (Fsp3) is 0.400. The Morgan fingerprint density at radius 2 is 2.12 bits per heavy atom. The fourth-order valence-electron chi connectivity index (χ4n) is 1.33. The molecule has 84 valence electrons. The first kappa shape index (κ1) is 11.0. The fourth-order valence-corrected chi connectivity index (χ4v) is 1.50. The number of hydrogen-bond donors (Lipinski definition) is 0. The van der Waals surface area contributed by atoms with Gasteiger partial charge in [0, 0.05) is 18.8 Å². The van der Waals surface area contributed by atoms with Crippen LogP contribution >= 0.6 is 11.6 Å². The third-order valence-electron chi connectivity index (χ3n) is 1.97. The van der Waals surface area contributed by atoms with E-state index in [4.69, 9.17) is 11.6 Å². The highest BCUT2D eigenvalue weighted by molar-refractivity contribution is 6.28. The summed E-state index contributed by atoms with van der Waals surface area (Å²) in [5, 5.41) is 0.217. The van der Waals surface area contributed by atoms with Gasteiger partial charge in [0.1, 0.15) is 12.2 Å². The Bertz CT molecular complexity index is 466. The van der Waals surface area contributed by atoms with Gasteiger partial charge in [0.15, 0.2) is 0 Å². The standard InChI is InChI=1S/C10H12ClN5/c1-7(2)5-8-13-9(11)15-10(14-8)16-4-3-12-6-16/h3-4,6-7H,5H2,1-2H3. The van der Waals surface area contributed by atoms with Crippen molar-refractivity contribution < 1.29 is 0 Å². The highest BCUT2D eigenvalue weighted by atomic mass is 35.5. The molecule has 2 rings (SSSR count). The van der Waals surface area contributed by atoms with Gasteiger partial charge < -0.3 is 0 Å². The molecule has 6 heteroatoms. The van der Waals surface area contributed by atoms with Gasteiger partial charge in [0.05, 0.1) is 0 Å². The molecule has 5 nitrogen and oxygen atoms in total. The van der Waals surface area contributed by atoms with Crippen LogP contribution in [0.4, 0.5) is 0 Å². The quantitative estimate of drug-likeness (QED) is 0.818. The SMILES string of the molecule is CC(C)Cc1nc(Cl)nc(-n2ccnc2)n1. The lowest BCUT2D eigenvalue weighted by atomic mass is 10.1. The largest absolute Gasteiger partial charge is 0.274 e. The normalized spacial score (nSPS) is 11.0. The molecule has 0 fully saturated rings. The van der Waals surface area contributed by atoms with Crippen LogP contribution in [-0.4, -0.2) is 24.5 Å².